The molecule has 6 heteroatoms. The first-order valence-corrected chi connectivity index (χ1v) is 7.31. The number of anilines is 1. The van der Waals surface area contributed by atoms with E-state index in [1.54, 1.807) is 31.2 Å². The molecule has 0 bridgehead atoms. The van der Waals surface area contributed by atoms with Gasteiger partial charge in [-0.1, -0.05) is 47.6 Å². The van der Waals surface area contributed by atoms with Crippen molar-refractivity contribution in [3.8, 4) is 0 Å². The Morgan fingerprint density at radius 1 is 1.04 bits per heavy atom. The molecule has 2 rings (SSSR count). The SMILES string of the molecule is COC(=O)c1ccccc1NC(=O)CO/N=C(/C)c1ccccc1. The molecule has 0 aromatic heterocycles. The Morgan fingerprint density at radius 2 is 1.71 bits per heavy atom. The van der Waals surface area contributed by atoms with Crippen LogP contribution in [-0.2, 0) is 14.4 Å². The number of rotatable bonds is 6. The molecular weight excluding hydrogens is 308 g/mol. The Kier molecular flexibility index (Phi) is 6.08. The first kappa shape index (κ1) is 17.2. The molecule has 1 N–H and O–H groups in total. The number of methoxy groups -OCH3 is 1. The van der Waals surface area contributed by atoms with Crippen molar-refractivity contribution in [3.05, 3.63) is 65.7 Å². The van der Waals surface area contributed by atoms with Crippen LogP contribution in [0.25, 0.3) is 0 Å². The maximum Gasteiger partial charge on any atom is 0.339 e. The van der Waals surface area contributed by atoms with Crippen molar-refractivity contribution in [1.29, 1.82) is 0 Å². The number of ether oxygens (including phenoxy) is 1. The molecule has 0 saturated heterocycles. The van der Waals surface area contributed by atoms with Gasteiger partial charge in [-0.05, 0) is 24.6 Å². The first-order chi connectivity index (χ1) is 11.6. The number of amides is 1. The number of oxime groups is 1. The van der Waals surface area contributed by atoms with E-state index in [9.17, 15) is 9.59 Å². The molecule has 0 aliphatic heterocycles. The molecule has 0 heterocycles. The summed E-state index contributed by atoms with van der Waals surface area (Å²) in [6.45, 7) is 1.53. The second-order valence-corrected chi connectivity index (χ2v) is 4.90. The minimum atomic E-state index is -0.523. The Hall–Kier alpha value is -3.15. The van der Waals surface area contributed by atoms with Gasteiger partial charge in [-0.2, -0.15) is 0 Å². The van der Waals surface area contributed by atoms with Crippen LogP contribution in [0.2, 0.25) is 0 Å². The van der Waals surface area contributed by atoms with E-state index in [1.807, 2.05) is 30.3 Å². The Balaban J connectivity index is 1.94. The fourth-order valence-electron chi connectivity index (χ4n) is 1.99. The topological polar surface area (TPSA) is 77.0 Å². The number of esters is 1. The summed E-state index contributed by atoms with van der Waals surface area (Å²) in [4.78, 5) is 28.7. The molecule has 0 atom stereocenters. The lowest BCUT2D eigenvalue weighted by Gasteiger charge is -2.09. The van der Waals surface area contributed by atoms with Gasteiger partial charge in [0, 0.05) is 0 Å². The van der Waals surface area contributed by atoms with Gasteiger partial charge in [0.1, 0.15) is 0 Å². The lowest BCUT2D eigenvalue weighted by Crippen LogP contribution is -2.19. The zero-order valence-corrected chi connectivity index (χ0v) is 13.5. The number of para-hydroxylation sites is 1. The molecule has 2 aromatic rings. The fourth-order valence-corrected chi connectivity index (χ4v) is 1.99. The number of nitrogens with one attached hydrogen (secondary N) is 1. The molecule has 0 saturated carbocycles. The quantitative estimate of drug-likeness (QED) is 0.503. The highest BCUT2D eigenvalue weighted by atomic mass is 16.6. The van der Waals surface area contributed by atoms with Crippen LogP contribution in [0.5, 0.6) is 0 Å². The van der Waals surface area contributed by atoms with Gasteiger partial charge >= 0.3 is 5.97 Å². The summed E-state index contributed by atoms with van der Waals surface area (Å²) in [5.41, 5.74) is 2.21. The summed E-state index contributed by atoms with van der Waals surface area (Å²) in [7, 11) is 1.28. The van der Waals surface area contributed by atoms with E-state index in [2.05, 4.69) is 15.2 Å². The molecule has 0 aliphatic rings. The number of hydrogen-bond donors (Lipinski definition) is 1. The molecule has 24 heavy (non-hydrogen) atoms. The molecule has 0 aliphatic carbocycles. The molecule has 2 aromatic carbocycles. The van der Waals surface area contributed by atoms with Crippen LogP contribution in [0.1, 0.15) is 22.8 Å². The van der Waals surface area contributed by atoms with Crippen LogP contribution in [0.3, 0.4) is 0 Å². The van der Waals surface area contributed by atoms with E-state index < -0.39 is 11.9 Å². The lowest BCUT2D eigenvalue weighted by atomic mass is 10.1. The van der Waals surface area contributed by atoms with Gasteiger partial charge in [0.25, 0.3) is 5.91 Å². The molecule has 0 radical (unpaired) electrons. The number of benzene rings is 2. The van der Waals surface area contributed by atoms with Gasteiger partial charge in [-0.25, -0.2) is 4.79 Å². The van der Waals surface area contributed by atoms with Crippen molar-refractivity contribution in [2.24, 2.45) is 5.16 Å². The zero-order chi connectivity index (χ0) is 17.4. The van der Waals surface area contributed by atoms with Crippen LogP contribution >= 0.6 is 0 Å². The largest absolute Gasteiger partial charge is 0.465 e. The number of carbonyl (C=O) groups excluding carboxylic acids is 2. The molecule has 6 nitrogen and oxygen atoms in total. The van der Waals surface area contributed by atoms with E-state index in [0.29, 0.717) is 11.4 Å². The highest BCUT2D eigenvalue weighted by Crippen LogP contribution is 2.15. The summed E-state index contributed by atoms with van der Waals surface area (Å²) >= 11 is 0. The Labute approximate surface area is 140 Å². The maximum absolute atomic E-state index is 11.9. The molecule has 0 spiro atoms. The number of hydrogen-bond acceptors (Lipinski definition) is 5. The minimum absolute atomic E-state index is 0.264. The van der Waals surface area contributed by atoms with Crippen LogP contribution in [-0.4, -0.2) is 31.3 Å². The van der Waals surface area contributed by atoms with Gasteiger partial charge in [0.05, 0.1) is 24.1 Å². The van der Waals surface area contributed by atoms with E-state index in [1.165, 1.54) is 7.11 Å². The highest BCUT2D eigenvalue weighted by molar-refractivity contribution is 6.01. The molecule has 1 amide bonds. The van der Waals surface area contributed by atoms with Crippen molar-refractivity contribution in [1.82, 2.24) is 0 Å². The smallest absolute Gasteiger partial charge is 0.339 e. The van der Waals surface area contributed by atoms with Gasteiger partial charge in [-0.15, -0.1) is 0 Å². The number of carbonyl (C=O) groups is 2. The molecule has 0 fully saturated rings. The average molecular weight is 326 g/mol. The lowest BCUT2D eigenvalue weighted by molar-refractivity contribution is -0.120. The molecule has 124 valence electrons. The third-order valence-electron chi connectivity index (χ3n) is 3.20. The van der Waals surface area contributed by atoms with Gasteiger partial charge in [-0.3, -0.25) is 4.79 Å². The standard InChI is InChI=1S/C18H18N2O4/c1-13(14-8-4-3-5-9-14)20-24-12-17(21)19-16-11-7-6-10-15(16)18(22)23-2/h3-11H,12H2,1-2H3,(H,19,21)/b20-13-. The Morgan fingerprint density at radius 3 is 2.42 bits per heavy atom. The maximum atomic E-state index is 11.9. The van der Waals surface area contributed by atoms with E-state index in [0.717, 1.165) is 5.56 Å². The first-order valence-electron chi connectivity index (χ1n) is 7.31. The molecular formula is C18H18N2O4. The zero-order valence-electron chi connectivity index (χ0n) is 13.5. The fraction of sp³-hybridized carbons (Fsp3) is 0.167. The molecule has 0 unspecified atom stereocenters. The van der Waals surface area contributed by atoms with Crippen molar-refractivity contribution in [2.75, 3.05) is 19.0 Å². The van der Waals surface area contributed by atoms with Crippen molar-refractivity contribution in [2.45, 2.75) is 6.92 Å². The van der Waals surface area contributed by atoms with Gasteiger partial charge in [0.2, 0.25) is 0 Å². The van der Waals surface area contributed by atoms with Gasteiger partial charge < -0.3 is 14.9 Å². The average Bonchev–Trinajstić information content (AvgIpc) is 2.62. The third-order valence-corrected chi connectivity index (χ3v) is 3.20. The van der Waals surface area contributed by atoms with E-state index in [-0.39, 0.29) is 12.2 Å². The summed E-state index contributed by atoms with van der Waals surface area (Å²) < 4.78 is 4.68. The van der Waals surface area contributed by atoms with E-state index >= 15 is 0 Å². The summed E-state index contributed by atoms with van der Waals surface area (Å²) in [5, 5.41) is 6.52. The minimum Gasteiger partial charge on any atom is -0.465 e. The summed E-state index contributed by atoms with van der Waals surface area (Å²) in [6, 6.07) is 16.1. The highest BCUT2D eigenvalue weighted by Gasteiger charge is 2.13. The predicted octanol–water partition coefficient (Wildman–Crippen LogP) is 2.85. The third kappa shape index (κ3) is 4.67. The van der Waals surface area contributed by atoms with Crippen molar-refractivity contribution in [3.63, 3.8) is 0 Å². The summed E-state index contributed by atoms with van der Waals surface area (Å²) in [5.74, 6) is -0.944. The summed E-state index contributed by atoms with van der Waals surface area (Å²) in [6.07, 6.45) is 0. The second kappa shape index (κ2) is 8.47. The monoisotopic (exact) mass is 326 g/mol. The second-order valence-electron chi connectivity index (χ2n) is 4.90. The van der Waals surface area contributed by atoms with Crippen LogP contribution in [0.15, 0.2) is 59.8 Å². The Bertz CT molecular complexity index is 742. The van der Waals surface area contributed by atoms with Gasteiger partial charge in [0.15, 0.2) is 6.61 Å². The van der Waals surface area contributed by atoms with Crippen LogP contribution in [0, 0.1) is 0 Å². The van der Waals surface area contributed by atoms with Crippen molar-refractivity contribution >= 4 is 23.3 Å². The number of nitrogens with zero attached hydrogens (tertiary/aromatic N) is 1. The van der Waals surface area contributed by atoms with E-state index in [4.69, 9.17) is 4.84 Å². The van der Waals surface area contributed by atoms with Crippen molar-refractivity contribution < 1.29 is 19.2 Å². The van der Waals surface area contributed by atoms with Crippen LogP contribution < -0.4 is 5.32 Å². The predicted molar refractivity (Wildman–Crippen MR) is 91.0 cm³/mol. The van der Waals surface area contributed by atoms with Crippen LogP contribution in [0.4, 0.5) is 5.69 Å². The normalized spacial score (nSPS) is 10.8.